The van der Waals surface area contributed by atoms with Crippen LogP contribution in [0.1, 0.15) is 41.7 Å². The van der Waals surface area contributed by atoms with Crippen LogP contribution in [0.3, 0.4) is 0 Å². The highest BCUT2D eigenvalue weighted by Crippen LogP contribution is 2.42. The first kappa shape index (κ1) is 21.6. The number of carbonyl (C=O) groups excluding carboxylic acids is 1. The van der Waals surface area contributed by atoms with Gasteiger partial charge in [-0.25, -0.2) is 9.97 Å². The van der Waals surface area contributed by atoms with E-state index in [0.29, 0.717) is 44.2 Å². The minimum absolute atomic E-state index is 0.120. The van der Waals surface area contributed by atoms with Gasteiger partial charge in [0.05, 0.1) is 10.9 Å². The molecule has 1 spiro atoms. The Bertz CT molecular complexity index is 1230. The lowest BCUT2D eigenvalue weighted by atomic mass is 9.90. The second-order valence-corrected chi connectivity index (χ2v) is 10.0. The zero-order chi connectivity index (χ0) is 23.2. The van der Waals surface area contributed by atoms with E-state index < -0.39 is 5.60 Å². The van der Waals surface area contributed by atoms with Gasteiger partial charge in [-0.15, -0.1) is 11.3 Å². The monoisotopic (exact) mass is 468 g/mol. The van der Waals surface area contributed by atoms with Gasteiger partial charge >= 0.3 is 0 Å². The zero-order valence-electron chi connectivity index (χ0n) is 18.8. The number of carbonyl (C=O) groups is 1. The van der Waals surface area contributed by atoms with Gasteiger partial charge in [0.2, 0.25) is 17.7 Å². The number of aromatic nitrogens is 4. The summed E-state index contributed by atoms with van der Waals surface area (Å²) in [7, 11) is 0. The minimum Gasteiger partial charge on any atom is -0.470 e. The Hall–Kier alpha value is -3.21. The summed E-state index contributed by atoms with van der Waals surface area (Å²) in [4.78, 5) is 34.1. The molecule has 3 aromatic rings. The van der Waals surface area contributed by atoms with Crippen LogP contribution in [0.25, 0.3) is 10.2 Å². The molecule has 11 heteroatoms. The molecule has 0 aliphatic carbocycles. The molecule has 1 amide bonds. The van der Waals surface area contributed by atoms with Crippen LogP contribution >= 0.6 is 11.3 Å². The van der Waals surface area contributed by atoms with Gasteiger partial charge in [0, 0.05) is 43.8 Å². The van der Waals surface area contributed by atoms with E-state index in [1.54, 1.807) is 17.7 Å². The van der Waals surface area contributed by atoms with E-state index in [4.69, 9.17) is 16.2 Å². The van der Waals surface area contributed by atoms with E-state index in [2.05, 4.69) is 39.1 Å². The number of hydrogen-bond acceptors (Lipinski definition) is 10. The maximum atomic E-state index is 13.0. The predicted molar refractivity (Wildman–Crippen MR) is 128 cm³/mol. The Labute approximate surface area is 195 Å². The topological polar surface area (TPSA) is 145 Å². The highest BCUT2D eigenvalue weighted by Gasteiger charge is 2.43. The third-order valence-corrected chi connectivity index (χ3v) is 7.79. The molecular weight excluding hydrogens is 440 g/mol. The molecule has 174 valence electrons. The molecule has 1 fully saturated rings. The van der Waals surface area contributed by atoms with Gasteiger partial charge in [0.25, 0.3) is 0 Å². The molecule has 0 saturated carbocycles. The van der Waals surface area contributed by atoms with Crippen LogP contribution in [0.15, 0.2) is 6.33 Å². The van der Waals surface area contributed by atoms with Gasteiger partial charge in [-0.1, -0.05) is 0 Å². The van der Waals surface area contributed by atoms with Crippen LogP contribution in [0.4, 0.5) is 17.6 Å². The van der Waals surface area contributed by atoms with E-state index in [-0.39, 0.29) is 11.9 Å². The summed E-state index contributed by atoms with van der Waals surface area (Å²) in [5.74, 6) is 1.91. The van der Waals surface area contributed by atoms with Crippen LogP contribution in [-0.4, -0.2) is 56.0 Å². The molecule has 0 unspecified atom stereocenters. The second kappa shape index (κ2) is 8.29. The summed E-state index contributed by atoms with van der Waals surface area (Å²) >= 11 is 1.66. The minimum atomic E-state index is -0.396. The summed E-state index contributed by atoms with van der Waals surface area (Å²) in [6.45, 7) is 6.04. The lowest BCUT2D eigenvalue weighted by Gasteiger charge is -2.27. The summed E-state index contributed by atoms with van der Waals surface area (Å²) in [6, 6.07) is 0. The van der Waals surface area contributed by atoms with Crippen molar-refractivity contribution in [3.05, 3.63) is 22.3 Å². The van der Waals surface area contributed by atoms with E-state index in [1.807, 2.05) is 4.90 Å². The fourth-order valence-corrected chi connectivity index (χ4v) is 5.77. The Morgan fingerprint density at radius 1 is 1.24 bits per heavy atom. The molecule has 5 N–H and O–H groups in total. The van der Waals surface area contributed by atoms with Gasteiger partial charge in [0.1, 0.15) is 28.4 Å². The van der Waals surface area contributed by atoms with Crippen molar-refractivity contribution in [3.63, 3.8) is 0 Å². The van der Waals surface area contributed by atoms with E-state index in [0.717, 1.165) is 40.9 Å². The number of nitrogens with two attached hydrogens (primary N) is 2. The number of nitrogens with zero attached hydrogens (tertiary/aromatic N) is 5. The van der Waals surface area contributed by atoms with Crippen molar-refractivity contribution in [3.8, 4) is 5.88 Å². The Morgan fingerprint density at radius 2 is 2.09 bits per heavy atom. The number of rotatable bonds is 4. The molecule has 5 heterocycles. The molecule has 0 radical (unpaired) electrons. The first-order chi connectivity index (χ1) is 15.8. The molecular formula is C22H28N8O2S. The Kier molecular flexibility index (Phi) is 5.43. The number of ether oxygens (including phenoxy) is 1. The van der Waals surface area contributed by atoms with Crippen molar-refractivity contribution in [2.75, 3.05) is 36.4 Å². The number of amides is 1. The highest BCUT2D eigenvalue weighted by molar-refractivity contribution is 7.18. The van der Waals surface area contributed by atoms with Crippen molar-refractivity contribution < 1.29 is 9.53 Å². The molecule has 10 nitrogen and oxygen atoms in total. The van der Waals surface area contributed by atoms with Crippen molar-refractivity contribution in [2.24, 2.45) is 0 Å². The third-order valence-electron chi connectivity index (χ3n) is 6.68. The lowest BCUT2D eigenvalue weighted by Crippen LogP contribution is -2.37. The zero-order valence-corrected chi connectivity index (χ0v) is 19.7. The Morgan fingerprint density at radius 3 is 2.94 bits per heavy atom. The SMILES string of the molecule is Cc1sc2ncnc(NCCC(=O)N3CCC[C@]4(CC3)Cc3c(N)nc(N)nc3O4)c2c1C. The predicted octanol–water partition coefficient (Wildman–Crippen LogP) is 2.45. The lowest BCUT2D eigenvalue weighted by molar-refractivity contribution is -0.131. The molecule has 2 aliphatic rings. The van der Waals surface area contributed by atoms with Crippen LogP contribution in [0.5, 0.6) is 5.88 Å². The number of anilines is 3. The molecule has 1 saturated heterocycles. The van der Waals surface area contributed by atoms with Gasteiger partial charge in [-0.05, 0) is 32.3 Å². The van der Waals surface area contributed by atoms with Crippen molar-refractivity contribution in [1.82, 2.24) is 24.8 Å². The molecule has 33 heavy (non-hydrogen) atoms. The van der Waals surface area contributed by atoms with Crippen molar-refractivity contribution in [2.45, 2.75) is 51.6 Å². The largest absolute Gasteiger partial charge is 0.470 e. The van der Waals surface area contributed by atoms with E-state index in [9.17, 15) is 4.79 Å². The van der Waals surface area contributed by atoms with Crippen LogP contribution in [-0.2, 0) is 11.2 Å². The quantitative estimate of drug-likeness (QED) is 0.525. The number of fused-ring (bicyclic) bond motifs is 2. The first-order valence-electron chi connectivity index (χ1n) is 11.2. The average Bonchev–Trinajstić information content (AvgIpc) is 3.19. The number of aryl methyl sites for hydroxylation is 2. The number of likely N-dealkylation sites (tertiary alicyclic amines) is 1. The number of hydrogen-bond donors (Lipinski definition) is 3. The van der Waals surface area contributed by atoms with E-state index >= 15 is 0 Å². The summed E-state index contributed by atoms with van der Waals surface area (Å²) in [6.07, 6.45) is 5.04. The number of thiophene rings is 1. The Balaban J connectivity index is 1.19. The maximum absolute atomic E-state index is 13.0. The summed E-state index contributed by atoms with van der Waals surface area (Å²) in [5, 5.41) is 4.39. The maximum Gasteiger partial charge on any atom is 0.225 e. The molecule has 0 bridgehead atoms. The third kappa shape index (κ3) is 4.01. The van der Waals surface area contributed by atoms with Crippen molar-refractivity contribution in [1.29, 1.82) is 0 Å². The average molecular weight is 469 g/mol. The van der Waals surface area contributed by atoms with Crippen LogP contribution < -0.4 is 21.5 Å². The van der Waals surface area contributed by atoms with Gasteiger partial charge in [0.15, 0.2) is 0 Å². The molecule has 3 aromatic heterocycles. The van der Waals surface area contributed by atoms with E-state index in [1.165, 1.54) is 10.4 Å². The normalized spacial score (nSPS) is 20.0. The van der Waals surface area contributed by atoms with Crippen LogP contribution in [0.2, 0.25) is 0 Å². The number of nitrogen functional groups attached to an aromatic ring is 2. The van der Waals surface area contributed by atoms with Gasteiger partial charge < -0.3 is 26.4 Å². The highest BCUT2D eigenvalue weighted by atomic mass is 32.1. The second-order valence-electron chi connectivity index (χ2n) is 8.81. The summed E-state index contributed by atoms with van der Waals surface area (Å²) < 4.78 is 6.22. The fourth-order valence-electron chi connectivity index (χ4n) is 4.77. The van der Waals surface area contributed by atoms with Crippen molar-refractivity contribution >= 4 is 45.0 Å². The molecule has 5 rings (SSSR count). The first-order valence-corrected chi connectivity index (χ1v) is 12.0. The van der Waals surface area contributed by atoms with Gasteiger partial charge in [-0.3, -0.25) is 4.79 Å². The molecule has 1 atom stereocenters. The summed E-state index contributed by atoms with van der Waals surface area (Å²) in [5.41, 5.74) is 13.4. The van der Waals surface area contributed by atoms with Gasteiger partial charge in [-0.2, -0.15) is 9.97 Å². The molecule has 2 aliphatic heterocycles. The molecule has 0 aromatic carbocycles. The van der Waals surface area contributed by atoms with Crippen LogP contribution in [0, 0.1) is 13.8 Å². The smallest absolute Gasteiger partial charge is 0.225 e. The standard InChI is InChI=1S/C22H28N8O2S/c1-12-13(2)33-20-16(12)18(26-11-27-20)25-7-4-15(31)30-8-3-5-22(6-9-30)10-14-17(23)28-21(24)29-19(14)32-22/h11H,3-10H2,1-2H3,(H,25,26,27)(H4,23,24,28,29)/t22-/m0/s1. The fraction of sp³-hybridized carbons (Fsp3) is 0.500. The number of nitrogens with one attached hydrogen (secondary N) is 1.